The van der Waals surface area contributed by atoms with Gasteiger partial charge in [-0.15, -0.1) is 0 Å². The fourth-order valence-electron chi connectivity index (χ4n) is 4.77. The van der Waals surface area contributed by atoms with Gasteiger partial charge in [0.05, 0.1) is 36.0 Å². The molecule has 1 N–H and O–H groups in total. The average Bonchev–Trinajstić information content (AvgIpc) is 3.75. The maximum absolute atomic E-state index is 12.8. The van der Waals surface area contributed by atoms with Gasteiger partial charge in [0.15, 0.2) is 0 Å². The molecule has 0 bridgehead atoms. The molecule has 2 aliphatic carbocycles. The van der Waals surface area contributed by atoms with Crippen LogP contribution in [0.15, 0.2) is 24.4 Å². The number of aromatic nitrogens is 2. The molecule has 2 aromatic rings. The lowest BCUT2D eigenvalue weighted by Gasteiger charge is -2.42. The highest BCUT2D eigenvalue weighted by atomic mass is 35.5. The van der Waals surface area contributed by atoms with E-state index in [1.807, 2.05) is 17.0 Å². The zero-order valence-corrected chi connectivity index (χ0v) is 20.1. The van der Waals surface area contributed by atoms with E-state index >= 15 is 0 Å². The minimum atomic E-state index is 0.154. The van der Waals surface area contributed by atoms with Crippen LogP contribution in [-0.4, -0.2) is 60.2 Å². The van der Waals surface area contributed by atoms with E-state index in [4.69, 9.17) is 21.3 Å². The number of nitriles is 1. The molecule has 178 valence electrons. The van der Waals surface area contributed by atoms with Crippen LogP contribution in [0.2, 0.25) is 5.15 Å². The summed E-state index contributed by atoms with van der Waals surface area (Å²) in [5.74, 6) is 1.81. The predicted octanol–water partition coefficient (Wildman–Crippen LogP) is 4.09. The summed E-state index contributed by atoms with van der Waals surface area (Å²) in [6, 6.07) is 8.04. The Hall–Kier alpha value is -2.89. The fourth-order valence-corrected chi connectivity index (χ4v) is 4.95. The van der Waals surface area contributed by atoms with Gasteiger partial charge in [0, 0.05) is 44.5 Å². The number of piperazine rings is 1. The van der Waals surface area contributed by atoms with Gasteiger partial charge in [-0.25, -0.2) is 9.97 Å². The molecule has 1 atom stereocenters. The average molecular weight is 481 g/mol. The summed E-state index contributed by atoms with van der Waals surface area (Å²) in [5, 5.41) is 13.8. The molecule has 3 heterocycles. The SMILES string of the molecule is COCCC(=O)N1CCN(c2nc(C3CC3)c(Nc3ccnc(Cl)c3)cc2C#N)C[C@H]1C1CC1. The van der Waals surface area contributed by atoms with Crippen LogP contribution in [0.1, 0.15) is 49.3 Å². The van der Waals surface area contributed by atoms with E-state index in [9.17, 15) is 10.1 Å². The minimum Gasteiger partial charge on any atom is -0.384 e. The van der Waals surface area contributed by atoms with Crippen LogP contribution in [0, 0.1) is 17.2 Å². The Morgan fingerprint density at radius 2 is 2.12 bits per heavy atom. The second-order valence-electron chi connectivity index (χ2n) is 9.35. The molecule has 5 rings (SSSR count). The number of pyridine rings is 2. The van der Waals surface area contributed by atoms with Crippen molar-refractivity contribution in [1.82, 2.24) is 14.9 Å². The molecular formula is C25H29ClN6O2. The highest BCUT2D eigenvalue weighted by Gasteiger charge is 2.41. The van der Waals surface area contributed by atoms with Crippen LogP contribution in [-0.2, 0) is 9.53 Å². The molecule has 1 saturated heterocycles. The lowest BCUT2D eigenvalue weighted by Crippen LogP contribution is -2.56. The van der Waals surface area contributed by atoms with Gasteiger partial charge in [-0.2, -0.15) is 5.26 Å². The Morgan fingerprint density at radius 3 is 2.79 bits per heavy atom. The first-order valence-electron chi connectivity index (χ1n) is 11.9. The maximum atomic E-state index is 12.8. The normalized spacial score (nSPS) is 20.2. The number of nitrogens with zero attached hydrogens (tertiary/aromatic N) is 5. The molecule has 0 unspecified atom stereocenters. The van der Waals surface area contributed by atoms with E-state index in [-0.39, 0.29) is 11.9 Å². The summed E-state index contributed by atoms with van der Waals surface area (Å²) >= 11 is 6.06. The van der Waals surface area contributed by atoms with Crippen molar-refractivity contribution in [3.05, 3.63) is 40.8 Å². The van der Waals surface area contributed by atoms with Gasteiger partial charge in [0.25, 0.3) is 0 Å². The standard InChI is InChI=1S/C25H29ClN6O2/c1-34-11-7-23(33)32-10-9-31(15-21(32)16-2-3-16)25-18(14-27)12-20(24(30-25)17-4-5-17)29-19-6-8-28-22(26)13-19/h6,8,12-13,16-17,21H,2-5,7,9-11,15H2,1H3,(H,28,29)/t21-/m0/s1. The first-order valence-corrected chi connectivity index (χ1v) is 12.3. The van der Waals surface area contributed by atoms with Crippen molar-refractivity contribution in [3.8, 4) is 6.07 Å². The van der Waals surface area contributed by atoms with Gasteiger partial charge in [-0.1, -0.05) is 11.6 Å². The summed E-state index contributed by atoms with van der Waals surface area (Å²) in [4.78, 5) is 26.1. The fraction of sp³-hybridized carbons (Fsp3) is 0.520. The molecular weight excluding hydrogens is 452 g/mol. The van der Waals surface area contributed by atoms with Gasteiger partial charge in [0.2, 0.25) is 5.91 Å². The number of amides is 1. The summed E-state index contributed by atoms with van der Waals surface area (Å²) in [6.45, 7) is 2.46. The Balaban J connectivity index is 1.42. The zero-order valence-electron chi connectivity index (χ0n) is 19.3. The number of nitrogens with one attached hydrogen (secondary N) is 1. The van der Waals surface area contributed by atoms with Gasteiger partial charge in [0.1, 0.15) is 17.0 Å². The molecule has 34 heavy (non-hydrogen) atoms. The van der Waals surface area contributed by atoms with E-state index in [1.54, 1.807) is 19.4 Å². The highest BCUT2D eigenvalue weighted by molar-refractivity contribution is 6.29. The molecule has 0 spiro atoms. The molecule has 8 nitrogen and oxygen atoms in total. The van der Waals surface area contributed by atoms with Crippen molar-refractivity contribution < 1.29 is 9.53 Å². The van der Waals surface area contributed by atoms with Crippen LogP contribution >= 0.6 is 11.6 Å². The van der Waals surface area contributed by atoms with Crippen LogP contribution < -0.4 is 10.2 Å². The number of anilines is 3. The smallest absolute Gasteiger partial charge is 0.225 e. The third-order valence-electron chi connectivity index (χ3n) is 6.85. The number of ether oxygens (including phenoxy) is 1. The van der Waals surface area contributed by atoms with Crippen molar-refractivity contribution in [1.29, 1.82) is 5.26 Å². The molecule has 2 saturated carbocycles. The third kappa shape index (κ3) is 4.96. The van der Waals surface area contributed by atoms with E-state index < -0.39 is 0 Å². The molecule has 2 aromatic heterocycles. The number of hydrogen-bond acceptors (Lipinski definition) is 7. The number of carbonyl (C=O) groups excluding carboxylic acids is 1. The molecule has 3 fully saturated rings. The van der Waals surface area contributed by atoms with Gasteiger partial charge in [-0.3, -0.25) is 4.79 Å². The topological polar surface area (TPSA) is 94.4 Å². The predicted molar refractivity (Wildman–Crippen MR) is 130 cm³/mol. The number of hydrogen-bond donors (Lipinski definition) is 1. The lowest BCUT2D eigenvalue weighted by molar-refractivity contribution is -0.135. The first-order chi connectivity index (χ1) is 16.6. The molecule has 3 aliphatic rings. The monoisotopic (exact) mass is 480 g/mol. The van der Waals surface area contributed by atoms with Gasteiger partial charge in [-0.05, 0) is 49.8 Å². The van der Waals surface area contributed by atoms with E-state index in [1.165, 1.54) is 0 Å². The Morgan fingerprint density at radius 1 is 1.29 bits per heavy atom. The number of halogens is 1. The second-order valence-corrected chi connectivity index (χ2v) is 9.74. The quantitative estimate of drug-likeness (QED) is 0.568. The van der Waals surface area contributed by atoms with E-state index in [2.05, 4.69) is 21.3 Å². The summed E-state index contributed by atoms with van der Waals surface area (Å²) in [6.07, 6.45) is 6.55. The molecule has 1 amide bonds. The maximum Gasteiger partial charge on any atom is 0.225 e. The number of carbonyl (C=O) groups is 1. The summed E-state index contributed by atoms with van der Waals surface area (Å²) in [7, 11) is 1.62. The minimum absolute atomic E-state index is 0.154. The molecule has 0 radical (unpaired) electrons. The Kier molecular flexibility index (Phi) is 6.57. The Bertz CT molecular complexity index is 1110. The lowest BCUT2D eigenvalue weighted by atomic mass is 10.0. The van der Waals surface area contributed by atoms with Crippen LogP contribution in [0.4, 0.5) is 17.2 Å². The van der Waals surface area contributed by atoms with Crippen LogP contribution in [0.3, 0.4) is 0 Å². The number of methoxy groups -OCH3 is 1. The first kappa shape index (κ1) is 22.9. The van der Waals surface area contributed by atoms with E-state index in [0.717, 1.165) is 48.6 Å². The van der Waals surface area contributed by atoms with Crippen LogP contribution in [0.5, 0.6) is 0 Å². The third-order valence-corrected chi connectivity index (χ3v) is 7.05. The van der Waals surface area contributed by atoms with Crippen molar-refractivity contribution in [2.45, 2.75) is 44.1 Å². The van der Waals surface area contributed by atoms with Gasteiger partial charge >= 0.3 is 0 Å². The van der Waals surface area contributed by atoms with Crippen molar-refractivity contribution in [3.63, 3.8) is 0 Å². The van der Waals surface area contributed by atoms with Crippen molar-refractivity contribution in [2.75, 3.05) is 43.6 Å². The summed E-state index contributed by atoms with van der Waals surface area (Å²) < 4.78 is 5.12. The molecule has 0 aromatic carbocycles. The number of rotatable bonds is 8. The zero-order chi connectivity index (χ0) is 23.7. The van der Waals surface area contributed by atoms with Crippen molar-refractivity contribution in [2.24, 2.45) is 5.92 Å². The highest BCUT2D eigenvalue weighted by Crippen LogP contribution is 2.45. The Labute approximate surface area is 204 Å². The second kappa shape index (κ2) is 9.77. The molecule has 1 aliphatic heterocycles. The van der Waals surface area contributed by atoms with E-state index in [0.29, 0.717) is 55.2 Å². The molecule has 9 heteroatoms. The van der Waals surface area contributed by atoms with Crippen LogP contribution in [0.25, 0.3) is 0 Å². The van der Waals surface area contributed by atoms with Gasteiger partial charge < -0.3 is 19.9 Å². The summed E-state index contributed by atoms with van der Waals surface area (Å²) in [5.41, 5.74) is 3.19. The van der Waals surface area contributed by atoms with Crippen molar-refractivity contribution >= 4 is 34.7 Å². The largest absolute Gasteiger partial charge is 0.384 e.